The summed E-state index contributed by atoms with van der Waals surface area (Å²) in [6.45, 7) is 3.20. The number of amides is 2. The second kappa shape index (κ2) is 8.34. The third-order valence-electron chi connectivity index (χ3n) is 6.18. The fraction of sp³-hybridized carbons (Fsp3) is 0.409. The standard InChI is InChI=1S/C22H23F2N3O5/c1-2-27-21(31)17-19(29)18(28)15(11-26(17)12-22(27)5-7-32-8-6-22)20(30)25-10-13-3-4-14(23)9-16(13)24/h3-4,9,11,29H,2,5-8,10,12H2,1H3,(H,25,30). The number of aromatic hydroxyl groups is 1. The van der Waals surface area contributed by atoms with Gasteiger partial charge in [0, 0.05) is 50.7 Å². The lowest BCUT2D eigenvalue weighted by Gasteiger charge is -2.49. The van der Waals surface area contributed by atoms with E-state index in [1.54, 1.807) is 4.90 Å². The average molecular weight is 447 g/mol. The molecule has 32 heavy (non-hydrogen) atoms. The molecule has 0 bridgehead atoms. The SMILES string of the molecule is CCN1C(=O)c2c(O)c(=O)c(C(=O)NCc3ccc(F)cc3F)cn2CC12CCOCC2. The first-order valence-electron chi connectivity index (χ1n) is 10.4. The van der Waals surface area contributed by atoms with E-state index in [2.05, 4.69) is 5.32 Å². The van der Waals surface area contributed by atoms with Crippen LogP contribution in [0, 0.1) is 11.6 Å². The molecule has 1 aromatic heterocycles. The number of hydrogen-bond acceptors (Lipinski definition) is 5. The monoisotopic (exact) mass is 447 g/mol. The number of pyridine rings is 1. The Kier molecular flexibility index (Phi) is 5.72. The number of fused-ring (bicyclic) bond motifs is 1. The Morgan fingerprint density at radius 1 is 1.25 bits per heavy atom. The Morgan fingerprint density at radius 2 is 1.97 bits per heavy atom. The number of halogens is 2. The topological polar surface area (TPSA) is 101 Å². The molecule has 8 nitrogen and oxygen atoms in total. The second-order valence-corrected chi connectivity index (χ2v) is 8.00. The molecule has 10 heteroatoms. The molecule has 3 heterocycles. The molecule has 1 fully saturated rings. The molecule has 1 aromatic carbocycles. The summed E-state index contributed by atoms with van der Waals surface area (Å²) in [5, 5.41) is 12.9. The number of benzene rings is 1. The molecule has 170 valence electrons. The van der Waals surface area contributed by atoms with Crippen LogP contribution in [0.2, 0.25) is 0 Å². The van der Waals surface area contributed by atoms with Crippen molar-refractivity contribution in [3.63, 3.8) is 0 Å². The lowest BCUT2D eigenvalue weighted by molar-refractivity contribution is -0.0341. The van der Waals surface area contributed by atoms with Crippen molar-refractivity contribution in [1.29, 1.82) is 0 Å². The van der Waals surface area contributed by atoms with Crippen molar-refractivity contribution in [2.24, 2.45) is 0 Å². The summed E-state index contributed by atoms with van der Waals surface area (Å²) in [5.41, 5.74) is -2.01. The number of nitrogens with one attached hydrogen (secondary N) is 1. The highest BCUT2D eigenvalue weighted by Gasteiger charge is 2.46. The third kappa shape index (κ3) is 3.64. The van der Waals surface area contributed by atoms with Crippen LogP contribution >= 0.6 is 0 Å². The van der Waals surface area contributed by atoms with Gasteiger partial charge in [-0.2, -0.15) is 0 Å². The molecule has 0 unspecified atom stereocenters. The minimum absolute atomic E-state index is 0.0388. The summed E-state index contributed by atoms with van der Waals surface area (Å²) in [5.74, 6) is -3.69. The van der Waals surface area contributed by atoms with Crippen LogP contribution in [0.3, 0.4) is 0 Å². The van der Waals surface area contributed by atoms with Gasteiger partial charge in [0.05, 0.1) is 5.54 Å². The number of nitrogens with zero attached hydrogens (tertiary/aromatic N) is 2. The van der Waals surface area contributed by atoms with E-state index in [1.807, 2.05) is 6.92 Å². The van der Waals surface area contributed by atoms with Gasteiger partial charge in [-0.15, -0.1) is 0 Å². The third-order valence-corrected chi connectivity index (χ3v) is 6.18. The van der Waals surface area contributed by atoms with Crippen LogP contribution in [0.5, 0.6) is 5.75 Å². The molecule has 0 radical (unpaired) electrons. The molecule has 1 spiro atoms. The summed E-state index contributed by atoms with van der Waals surface area (Å²) in [6.07, 6.45) is 2.43. The number of hydrogen-bond donors (Lipinski definition) is 2. The number of ether oxygens (including phenoxy) is 1. The summed E-state index contributed by atoms with van der Waals surface area (Å²) in [6, 6.07) is 2.94. The molecular weight excluding hydrogens is 424 g/mol. The van der Waals surface area contributed by atoms with E-state index in [9.17, 15) is 28.3 Å². The molecule has 0 aliphatic carbocycles. The van der Waals surface area contributed by atoms with E-state index in [-0.39, 0.29) is 23.4 Å². The predicted octanol–water partition coefficient (Wildman–Crippen LogP) is 1.79. The highest BCUT2D eigenvalue weighted by atomic mass is 19.1. The van der Waals surface area contributed by atoms with Crippen LogP contribution in [-0.2, 0) is 17.8 Å². The number of aromatic nitrogens is 1. The van der Waals surface area contributed by atoms with Crippen molar-refractivity contribution in [2.45, 2.75) is 38.4 Å². The normalized spacial score (nSPS) is 17.3. The smallest absolute Gasteiger partial charge is 0.275 e. The van der Waals surface area contributed by atoms with Crippen molar-refractivity contribution < 1.29 is 28.2 Å². The Bertz CT molecular complexity index is 1140. The Balaban J connectivity index is 1.66. The predicted molar refractivity (Wildman–Crippen MR) is 109 cm³/mol. The van der Waals surface area contributed by atoms with Crippen molar-refractivity contribution in [3.8, 4) is 5.75 Å². The van der Waals surface area contributed by atoms with Gasteiger partial charge in [0.1, 0.15) is 17.2 Å². The molecule has 2 N–H and O–H groups in total. The van der Waals surface area contributed by atoms with E-state index in [4.69, 9.17) is 4.74 Å². The van der Waals surface area contributed by atoms with E-state index < -0.39 is 40.2 Å². The molecular formula is C22H23F2N3O5. The van der Waals surface area contributed by atoms with Crippen LogP contribution in [0.4, 0.5) is 8.78 Å². The number of carbonyl (C=O) groups excluding carboxylic acids is 2. The van der Waals surface area contributed by atoms with Gasteiger partial charge in [-0.05, 0) is 25.8 Å². The van der Waals surface area contributed by atoms with Crippen LogP contribution in [0.15, 0.2) is 29.2 Å². The lowest BCUT2D eigenvalue weighted by Crippen LogP contribution is -2.61. The minimum atomic E-state index is -0.986. The summed E-state index contributed by atoms with van der Waals surface area (Å²) in [7, 11) is 0. The molecule has 1 saturated heterocycles. The highest BCUT2D eigenvalue weighted by molar-refractivity contribution is 5.99. The van der Waals surface area contributed by atoms with Gasteiger partial charge in [-0.1, -0.05) is 6.07 Å². The fourth-order valence-electron chi connectivity index (χ4n) is 4.50. The largest absolute Gasteiger partial charge is 0.503 e. The van der Waals surface area contributed by atoms with Crippen LogP contribution < -0.4 is 10.7 Å². The van der Waals surface area contributed by atoms with Crippen LogP contribution in [0.1, 0.15) is 46.2 Å². The lowest BCUT2D eigenvalue weighted by atomic mass is 9.85. The Morgan fingerprint density at radius 3 is 2.62 bits per heavy atom. The van der Waals surface area contributed by atoms with E-state index >= 15 is 0 Å². The van der Waals surface area contributed by atoms with E-state index in [0.717, 1.165) is 6.07 Å². The first-order chi connectivity index (χ1) is 15.3. The van der Waals surface area contributed by atoms with Gasteiger partial charge in [-0.3, -0.25) is 14.4 Å². The van der Waals surface area contributed by atoms with E-state index in [1.165, 1.54) is 16.8 Å². The number of rotatable bonds is 4. The first kappa shape index (κ1) is 21.9. The molecule has 2 aliphatic heterocycles. The quantitative estimate of drug-likeness (QED) is 0.744. The van der Waals surface area contributed by atoms with Gasteiger partial charge < -0.3 is 24.6 Å². The molecule has 4 rings (SSSR count). The van der Waals surface area contributed by atoms with Crippen molar-refractivity contribution >= 4 is 11.8 Å². The van der Waals surface area contributed by atoms with Gasteiger partial charge in [0.25, 0.3) is 11.8 Å². The fourth-order valence-corrected chi connectivity index (χ4v) is 4.50. The first-order valence-corrected chi connectivity index (χ1v) is 10.4. The average Bonchev–Trinajstić information content (AvgIpc) is 2.76. The molecule has 0 saturated carbocycles. The summed E-state index contributed by atoms with van der Waals surface area (Å²) in [4.78, 5) is 40.1. The minimum Gasteiger partial charge on any atom is -0.503 e. The van der Waals surface area contributed by atoms with Gasteiger partial charge in [-0.25, -0.2) is 8.78 Å². The zero-order chi connectivity index (χ0) is 23.0. The van der Waals surface area contributed by atoms with Crippen LogP contribution in [-0.4, -0.2) is 51.7 Å². The van der Waals surface area contributed by atoms with Crippen LogP contribution in [0.25, 0.3) is 0 Å². The maximum Gasteiger partial charge on any atom is 0.275 e. The highest BCUT2D eigenvalue weighted by Crippen LogP contribution is 2.36. The summed E-state index contributed by atoms with van der Waals surface area (Å²) < 4.78 is 33.8. The van der Waals surface area contributed by atoms with Crippen molar-refractivity contribution in [1.82, 2.24) is 14.8 Å². The van der Waals surface area contributed by atoms with Gasteiger partial charge in [0.15, 0.2) is 11.4 Å². The molecule has 2 aliphatic rings. The van der Waals surface area contributed by atoms with Crippen molar-refractivity contribution in [2.75, 3.05) is 19.8 Å². The Labute approximate surface area is 182 Å². The maximum absolute atomic E-state index is 13.8. The molecule has 2 amide bonds. The van der Waals surface area contributed by atoms with Gasteiger partial charge in [0.2, 0.25) is 5.43 Å². The Hall–Kier alpha value is -3.27. The number of carbonyl (C=O) groups is 2. The van der Waals surface area contributed by atoms with E-state index in [0.29, 0.717) is 45.2 Å². The summed E-state index contributed by atoms with van der Waals surface area (Å²) >= 11 is 0. The second-order valence-electron chi connectivity index (χ2n) is 8.00. The van der Waals surface area contributed by atoms with Gasteiger partial charge >= 0.3 is 0 Å². The zero-order valence-corrected chi connectivity index (χ0v) is 17.5. The molecule has 2 aromatic rings. The number of likely N-dealkylation sites (N-methyl/N-ethyl adjacent to an activating group) is 1. The molecule has 0 atom stereocenters. The van der Waals surface area contributed by atoms with Crippen molar-refractivity contribution in [3.05, 3.63) is 63.1 Å². The maximum atomic E-state index is 13.8. The zero-order valence-electron chi connectivity index (χ0n) is 17.5.